The monoisotopic (exact) mass is 230 g/mol. The first-order valence-corrected chi connectivity index (χ1v) is 6.04. The van der Waals surface area contributed by atoms with Crippen LogP contribution in [0.15, 0.2) is 24.3 Å². The number of aromatic hydroxyl groups is 1. The predicted molar refractivity (Wildman–Crippen MR) is 68.7 cm³/mol. The molecule has 0 atom stereocenters. The molecule has 0 radical (unpaired) electrons. The van der Waals surface area contributed by atoms with Gasteiger partial charge in [0.1, 0.15) is 5.69 Å². The van der Waals surface area contributed by atoms with E-state index in [0.717, 1.165) is 29.9 Å². The number of rotatable bonds is 3. The van der Waals surface area contributed by atoms with Crippen molar-refractivity contribution in [3.8, 4) is 11.4 Å². The molecule has 3 heteroatoms. The number of aromatic nitrogens is 2. The van der Waals surface area contributed by atoms with E-state index in [-0.39, 0.29) is 0 Å². The highest BCUT2D eigenvalue weighted by Crippen LogP contribution is 2.26. The van der Waals surface area contributed by atoms with E-state index < -0.39 is 0 Å². The van der Waals surface area contributed by atoms with Crippen molar-refractivity contribution in [1.29, 1.82) is 0 Å². The van der Waals surface area contributed by atoms with Crippen molar-refractivity contribution in [2.45, 2.75) is 33.6 Å². The summed E-state index contributed by atoms with van der Waals surface area (Å²) in [6.45, 7) is 6.09. The lowest BCUT2D eigenvalue weighted by atomic mass is 10.2. The lowest BCUT2D eigenvalue weighted by Gasteiger charge is -2.06. The van der Waals surface area contributed by atoms with E-state index in [1.165, 1.54) is 5.56 Å². The van der Waals surface area contributed by atoms with Crippen LogP contribution in [0.2, 0.25) is 0 Å². The third-order valence-electron chi connectivity index (χ3n) is 2.94. The van der Waals surface area contributed by atoms with Gasteiger partial charge in [0.05, 0.1) is 11.4 Å². The summed E-state index contributed by atoms with van der Waals surface area (Å²) in [6.07, 6.45) is 1.52. The standard InChI is InChI=1S/C14H18N2O/c1-4-12-14(17)13(5-2)16(15-12)11-8-6-7-10(3)9-11/h6-9,17H,4-5H2,1-3H3. The molecular weight excluding hydrogens is 212 g/mol. The smallest absolute Gasteiger partial charge is 0.160 e. The van der Waals surface area contributed by atoms with Gasteiger partial charge in [-0.3, -0.25) is 0 Å². The lowest BCUT2D eigenvalue weighted by Crippen LogP contribution is -2.01. The van der Waals surface area contributed by atoms with Gasteiger partial charge in [-0.25, -0.2) is 4.68 Å². The summed E-state index contributed by atoms with van der Waals surface area (Å²) in [4.78, 5) is 0. The molecule has 2 rings (SSSR count). The Morgan fingerprint density at radius 1 is 1.24 bits per heavy atom. The fraction of sp³-hybridized carbons (Fsp3) is 0.357. The molecule has 2 aromatic rings. The predicted octanol–water partition coefficient (Wildman–Crippen LogP) is 3.01. The van der Waals surface area contributed by atoms with Crippen molar-refractivity contribution >= 4 is 0 Å². The van der Waals surface area contributed by atoms with E-state index >= 15 is 0 Å². The first-order valence-electron chi connectivity index (χ1n) is 6.04. The van der Waals surface area contributed by atoms with Crippen LogP contribution >= 0.6 is 0 Å². The van der Waals surface area contributed by atoms with Crippen LogP contribution in [-0.4, -0.2) is 14.9 Å². The van der Waals surface area contributed by atoms with Gasteiger partial charge in [-0.15, -0.1) is 0 Å². The number of benzene rings is 1. The second kappa shape index (κ2) is 4.62. The number of nitrogens with zero attached hydrogens (tertiary/aromatic N) is 2. The van der Waals surface area contributed by atoms with E-state index in [1.54, 1.807) is 0 Å². The minimum Gasteiger partial charge on any atom is -0.504 e. The molecule has 0 aliphatic heterocycles. The Morgan fingerprint density at radius 2 is 2.00 bits per heavy atom. The zero-order valence-electron chi connectivity index (χ0n) is 10.6. The molecule has 1 N–H and O–H groups in total. The molecule has 0 saturated heterocycles. The molecule has 90 valence electrons. The molecule has 0 aliphatic rings. The van der Waals surface area contributed by atoms with Crippen LogP contribution in [0.5, 0.6) is 5.75 Å². The third-order valence-corrected chi connectivity index (χ3v) is 2.94. The Hall–Kier alpha value is -1.77. The van der Waals surface area contributed by atoms with Crippen molar-refractivity contribution in [2.75, 3.05) is 0 Å². The fourth-order valence-corrected chi connectivity index (χ4v) is 2.02. The highest BCUT2D eigenvalue weighted by Gasteiger charge is 2.15. The minimum atomic E-state index is 0.344. The summed E-state index contributed by atoms with van der Waals surface area (Å²) in [5, 5.41) is 14.5. The van der Waals surface area contributed by atoms with E-state index in [4.69, 9.17) is 0 Å². The van der Waals surface area contributed by atoms with Crippen LogP contribution in [0.25, 0.3) is 5.69 Å². The third kappa shape index (κ3) is 2.05. The van der Waals surface area contributed by atoms with Crippen molar-refractivity contribution in [3.05, 3.63) is 41.2 Å². The van der Waals surface area contributed by atoms with E-state index in [9.17, 15) is 5.11 Å². The Morgan fingerprint density at radius 3 is 2.59 bits per heavy atom. The summed E-state index contributed by atoms with van der Waals surface area (Å²) < 4.78 is 1.85. The Labute approximate surface area is 102 Å². The second-order valence-electron chi connectivity index (χ2n) is 4.20. The molecule has 1 aromatic heterocycles. The maximum atomic E-state index is 10.1. The minimum absolute atomic E-state index is 0.344. The van der Waals surface area contributed by atoms with Crippen LogP contribution < -0.4 is 0 Å². The zero-order valence-corrected chi connectivity index (χ0v) is 10.6. The van der Waals surface area contributed by atoms with Crippen molar-refractivity contribution in [1.82, 2.24) is 9.78 Å². The van der Waals surface area contributed by atoms with Crippen LogP contribution in [0, 0.1) is 6.92 Å². The zero-order chi connectivity index (χ0) is 12.4. The summed E-state index contributed by atoms with van der Waals surface area (Å²) >= 11 is 0. The first-order chi connectivity index (χ1) is 8.17. The number of hydrogen-bond donors (Lipinski definition) is 1. The van der Waals surface area contributed by atoms with Crippen molar-refractivity contribution in [2.24, 2.45) is 0 Å². The van der Waals surface area contributed by atoms with Crippen molar-refractivity contribution < 1.29 is 5.11 Å². The molecule has 1 heterocycles. The van der Waals surface area contributed by atoms with Crippen molar-refractivity contribution in [3.63, 3.8) is 0 Å². The molecule has 3 nitrogen and oxygen atoms in total. The van der Waals surface area contributed by atoms with Gasteiger partial charge >= 0.3 is 0 Å². The van der Waals surface area contributed by atoms with Gasteiger partial charge in [0.2, 0.25) is 0 Å². The normalized spacial score (nSPS) is 10.8. The van der Waals surface area contributed by atoms with Crippen LogP contribution in [0.3, 0.4) is 0 Å². The molecule has 0 saturated carbocycles. The molecule has 0 bridgehead atoms. The quantitative estimate of drug-likeness (QED) is 0.880. The average Bonchev–Trinajstić information content (AvgIpc) is 2.65. The summed E-state index contributed by atoms with van der Waals surface area (Å²) in [5.74, 6) is 0.344. The summed E-state index contributed by atoms with van der Waals surface area (Å²) in [5.41, 5.74) is 3.85. The van der Waals surface area contributed by atoms with Crippen LogP contribution in [-0.2, 0) is 12.8 Å². The maximum absolute atomic E-state index is 10.1. The van der Waals surface area contributed by atoms with Gasteiger partial charge in [0.15, 0.2) is 5.75 Å². The fourth-order valence-electron chi connectivity index (χ4n) is 2.02. The second-order valence-corrected chi connectivity index (χ2v) is 4.20. The van der Waals surface area contributed by atoms with E-state index in [1.807, 2.05) is 30.7 Å². The van der Waals surface area contributed by atoms with Crippen LogP contribution in [0.4, 0.5) is 0 Å². The van der Waals surface area contributed by atoms with Gasteiger partial charge in [-0.05, 0) is 37.5 Å². The van der Waals surface area contributed by atoms with E-state index in [0.29, 0.717) is 5.75 Å². The first kappa shape index (κ1) is 11.7. The van der Waals surface area contributed by atoms with Gasteiger partial charge in [0.25, 0.3) is 0 Å². The molecular formula is C14H18N2O. The molecule has 0 spiro atoms. The lowest BCUT2D eigenvalue weighted by molar-refractivity contribution is 0.462. The SMILES string of the molecule is CCc1nn(-c2cccc(C)c2)c(CC)c1O. The molecule has 0 unspecified atom stereocenters. The molecule has 17 heavy (non-hydrogen) atoms. The highest BCUT2D eigenvalue weighted by atomic mass is 16.3. The van der Waals surface area contributed by atoms with Gasteiger partial charge in [-0.1, -0.05) is 26.0 Å². The number of aryl methyl sites for hydroxylation is 2. The summed E-state index contributed by atoms with van der Waals surface area (Å²) in [6, 6.07) is 8.15. The van der Waals surface area contributed by atoms with Crippen LogP contribution in [0.1, 0.15) is 30.8 Å². The highest BCUT2D eigenvalue weighted by molar-refractivity contribution is 5.42. The maximum Gasteiger partial charge on any atom is 0.160 e. The molecule has 1 aromatic carbocycles. The number of hydrogen-bond acceptors (Lipinski definition) is 2. The topological polar surface area (TPSA) is 38.0 Å². The molecule has 0 fully saturated rings. The van der Waals surface area contributed by atoms with Gasteiger partial charge in [0, 0.05) is 0 Å². The average molecular weight is 230 g/mol. The summed E-state index contributed by atoms with van der Waals surface area (Å²) in [7, 11) is 0. The molecule has 0 amide bonds. The molecule has 0 aliphatic carbocycles. The van der Waals surface area contributed by atoms with Gasteiger partial charge in [-0.2, -0.15) is 5.10 Å². The Bertz CT molecular complexity index is 529. The Balaban J connectivity index is 2.58. The van der Waals surface area contributed by atoms with Gasteiger partial charge < -0.3 is 5.11 Å². The Kier molecular flexibility index (Phi) is 3.18. The van der Waals surface area contributed by atoms with E-state index in [2.05, 4.69) is 24.2 Å². The largest absolute Gasteiger partial charge is 0.504 e.